The number of aliphatic hydroxyl groups excluding tert-OH is 1. The number of hydrogen-bond donors (Lipinski definition) is 1. The molecule has 0 aliphatic heterocycles. The summed E-state index contributed by atoms with van der Waals surface area (Å²) in [5.74, 6) is -2.08. The van der Waals surface area contributed by atoms with Crippen molar-refractivity contribution >= 4 is 11.3 Å². The van der Waals surface area contributed by atoms with Gasteiger partial charge in [-0.2, -0.15) is 0 Å². The van der Waals surface area contributed by atoms with Crippen molar-refractivity contribution in [2.45, 2.75) is 33.0 Å². The van der Waals surface area contributed by atoms with Crippen molar-refractivity contribution in [3.63, 3.8) is 0 Å². The molecule has 1 heterocycles. The quantitative estimate of drug-likeness (QED) is 0.888. The van der Waals surface area contributed by atoms with Crippen molar-refractivity contribution in [1.29, 1.82) is 0 Å². The van der Waals surface area contributed by atoms with Crippen molar-refractivity contribution in [2.24, 2.45) is 0 Å². The maximum absolute atomic E-state index is 13.6. The highest BCUT2D eigenvalue weighted by atomic mass is 32.1. The van der Waals surface area contributed by atoms with Crippen molar-refractivity contribution in [3.05, 3.63) is 45.4 Å². The lowest BCUT2D eigenvalue weighted by atomic mass is 10.2. The fourth-order valence-electron chi connectivity index (χ4n) is 1.73. The van der Waals surface area contributed by atoms with Crippen molar-refractivity contribution in [3.8, 4) is 5.75 Å². The van der Waals surface area contributed by atoms with E-state index in [9.17, 15) is 8.78 Å². The van der Waals surface area contributed by atoms with Gasteiger partial charge in [0.1, 0.15) is 6.61 Å². The molecule has 6 heteroatoms. The number of thiazole rings is 1. The lowest BCUT2D eigenvalue weighted by Crippen LogP contribution is -2.02. The number of rotatable bonds is 6. The molecule has 0 saturated carbocycles. The van der Waals surface area contributed by atoms with Gasteiger partial charge in [-0.1, -0.05) is 6.92 Å². The number of aliphatic hydroxyl groups is 1. The van der Waals surface area contributed by atoms with Gasteiger partial charge >= 0.3 is 0 Å². The SMILES string of the molecule is CCCc1nc(COc2c(F)cc(CO)cc2F)cs1. The number of aryl methyl sites for hydroxylation is 1. The minimum Gasteiger partial charge on any atom is -0.481 e. The molecule has 0 aliphatic carbocycles. The van der Waals surface area contributed by atoms with Gasteiger partial charge in [-0.3, -0.25) is 0 Å². The van der Waals surface area contributed by atoms with Crippen LogP contribution in [-0.2, 0) is 19.6 Å². The zero-order chi connectivity index (χ0) is 14.5. The summed E-state index contributed by atoms with van der Waals surface area (Å²) in [5.41, 5.74) is 0.828. The first-order chi connectivity index (χ1) is 9.63. The first-order valence-electron chi connectivity index (χ1n) is 6.29. The minimum atomic E-state index is -0.821. The Bertz CT molecular complexity index is 563. The predicted molar refractivity (Wildman–Crippen MR) is 72.7 cm³/mol. The molecule has 0 unspecified atom stereocenters. The molecule has 0 bridgehead atoms. The van der Waals surface area contributed by atoms with Crippen LogP contribution in [0.3, 0.4) is 0 Å². The molecule has 0 atom stereocenters. The Morgan fingerprint density at radius 3 is 2.60 bits per heavy atom. The molecule has 1 aromatic heterocycles. The Morgan fingerprint density at radius 2 is 2.00 bits per heavy atom. The zero-order valence-corrected chi connectivity index (χ0v) is 11.8. The largest absolute Gasteiger partial charge is 0.481 e. The summed E-state index contributed by atoms with van der Waals surface area (Å²) in [6.07, 6.45) is 1.89. The van der Waals surface area contributed by atoms with Crippen LogP contribution in [0.25, 0.3) is 0 Å². The Hall–Kier alpha value is -1.53. The fraction of sp³-hybridized carbons (Fsp3) is 0.357. The monoisotopic (exact) mass is 299 g/mol. The average Bonchev–Trinajstić information content (AvgIpc) is 2.85. The first-order valence-corrected chi connectivity index (χ1v) is 7.16. The number of ether oxygens (including phenoxy) is 1. The van der Waals surface area contributed by atoms with Crippen LogP contribution in [0.5, 0.6) is 5.75 Å². The van der Waals surface area contributed by atoms with Gasteiger partial charge in [0, 0.05) is 5.38 Å². The van der Waals surface area contributed by atoms with Crippen LogP contribution < -0.4 is 4.74 Å². The lowest BCUT2D eigenvalue weighted by Gasteiger charge is -2.08. The first kappa shape index (κ1) is 14.9. The van der Waals surface area contributed by atoms with Gasteiger partial charge in [-0.25, -0.2) is 13.8 Å². The average molecular weight is 299 g/mol. The summed E-state index contributed by atoms with van der Waals surface area (Å²) in [4.78, 5) is 4.32. The molecular formula is C14H15F2NO2S. The van der Waals surface area contributed by atoms with Gasteiger partial charge < -0.3 is 9.84 Å². The maximum atomic E-state index is 13.6. The van der Waals surface area contributed by atoms with Crippen LogP contribution in [0.2, 0.25) is 0 Å². The van der Waals surface area contributed by atoms with E-state index in [1.807, 2.05) is 5.38 Å². The number of benzene rings is 1. The van der Waals surface area contributed by atoms with E-state index >= 15 is 0 Å². The second-order valence-electron chi connectivity index (χ2n) is 4.32. The molecule has 0 amide bonds. The minimum absolute atomic E-state index is 0.0204. The molecule has 0 fully saturated rings. The molecule has 0 saturated heterocycles. The molecule has 3 nitrogen and oxygen atoms in total. The van der Waals surface area contributed by atoms with E-state index in [-0.39, 0.29) is 12.2 Å². The van der Waals surface area contributed by atoms with Crippen LogP contribution in [0, 0.1) is 11.6 Å². The van der Waals surface area contributed by atoms with Crippen LogP contribution in [0.4, 0.5) is 8.78 Å². The molecule has 0 spiro atoms. The molecule has 2 aromatic rings. The Labute approximate surface area is 119 Å². The van der Waals surface area contributed by atoms with E-state index in [1.54, 1.807) is 0 Å². The third-order valence-electron chi connectivity index (χ3n) is 2.67. The van der Waals surface area contributed by atoms with Crippen LogP contribution in [-0.4, -0.2) is 10.1 Å². The van der Waals surface area contributed by atoms with Gasteiger partial charge in [-0.15, -0.1) is 11.3 Å². The van der Waals surface area contributed by atoms with E-state index in [1.165, 1.54) is 11.3 Å². The summed E-state index contributed by atoms with van der Waals surface area (Å²) in [7, 11) is 0. The van der Waals surface area contributed by atoms with E-state index in [4.69, 9.17) is 9.84 Å². The molecule has 0 aliphatic rings. The molecule has 108 valence electrons. The number of halogens is 2. The molecule has 2 rings (SSSR count). The summed E-state index contributed by atoms with van der Waals surface area (Å²) in [6.45, 7) is 1.66. The third kappa shape index (κ3) is 3.52. The van der Waals surface area contributed by atoms with E-state index in [2.05, 4.69) is 11.9 Å². The normalized spacial score (nSPS) is 10.8. The standard InChI is InChI=1S/C14H15F2NO2S/c1-2-3-13-17-10(8-20-13)7-19-14-11(15)4-9(6-18)5-12(14)16/h4-5,8,18H,2-3,6-7H2,1H3. The highest BCUT2D eigenvalue weighted by Gasteiger charge is 2.13. The van der Waals surface area contributed by atoms with Crippen LogP contribution >= 0.6 is 11.3 Å². The molecule has 1 aromatic carbocycles. The molecule has 0 radical (unpaired) electrons. The van der Waals surface area contributed by atoms with E-state index in [0.29, 0.717) is 5.69 Å². The summed E-state index contributed by atoms with van der Waals surface area (Å²) < 4.78 is 32.4. The second-order valence-corrected chi connectivity index (χ2v) is 5.26. The predicted octanol–water partition coefficient (Wildman–Crippen LogP) is 3.45. The number of nitrogens with zero attached hydrogens (tertiary/aromatic N) is 1. The van der Waals surface area contributed by atoms with Crippen LogP contribution in [0.1, 0.15) is 29.6 Å². The highest BCUT2D eigenvalue weighted by Crippen LogP contribution is 2.24. The van der Waals surface area contributed by atoms with Gasteiger partial charge in [0.25, 0.3) is 0 Å². The fourth-order valence-corrected chi connectivity index (χ4v) is 2.62. The highest BCUT2D eigenvalue weighted by molar-refractivity contribution is 7.09. The Balaban J connectivity index is 2.06. The zero-order valence-electron chi connectivity index (χ0n) is 11.0. The Morgan fingerprint density at radius 1 is 1.30 bits per heavy atom. The van der Waals surface area contributed by atoms with Gasteiger partial charge in [0.05, 0.1) is 17.3 Å². The maximum Gasteiger partial charge on any atom is 0.191 e. The summed E-state index contributed by atoms with van der Waals surface area (Å²) in [5, 5.41) is 11.7. The van der Waals surface area contributed by atoms with Crippen LogP contribution in [0.15, 0.2) is 17.5 Å². The topological polar surface area (TPSA) is 42.4 Å². The van der Waals surface area contributed by atoms with Gasteiger partial charge in [-0.05, 0) is 30.5 Å². The number of aromatic nitrogens is 1. The third-order valence-corrected chi connectivity index (χ3v) is 3.63. The summed E-state index contributed by atoms with van der Waals surface area (Å²) >= 11 is 1.51. The van der Waals surface area contributed by atoms with Crippen molar-refractivity contribution in [2.75, 3.05) is 0 Å². The lowest BCUT2D eigenvalue weighted by molar-refractivity contribution is 0.264. The molecular weight excluding hydrogens is 284 g/mol. The summed E-state index contributed by atoms with van der Waals surface area (Å²) in [6, 6.07) is 2.12. The van der Waals surface area contributed by atoms with E-state index in [0.717, 1.165) is 30.0 Å². The smallest absolute Gasteiger partial charge is 0.191 e. The van der Waals surface area contributed by atoms with Gasteiger partial charge in [0.15, 0.2) is 17.4 Å². The van der Waals surface area contributed by atoms with Gasteiger partial charge in [0.2, 0.25) is 0 Å². The van der Waals surface area contributed by atoms with Crippen molar-refractivity contribution in [1.82, 2.24) is 4.98 Å². The Kier molecular flexibility index (Phi) is 5.03. The van der Waals surface area contributed by atoms with E-state index < -0.39 is 24.0 Å². The number of hydrogen-bond acceptors (Lipinski definition) is 4. The van der Waals surface area contributed by atoms with Crippen molar-refractivity contribution < 1.29 is 18.6 Å². The second kappa shape index (κ2) is 6.76. The molecule has 1 N–H and O–H groups in total. The molecule has 20 heavy (non-hydrogen) atoms.